The molecule has 1 N–H and O–H groups in total. The van der Waals surface area contributed by atoms with Gasteiger partial charge in [-0.25, -0.2) is 0 Å². The molecule has 0 saturated heterocycles. The van der Waals surface area contributed by atoms with E-state index in [0.717, 1.165) is 25.9 Å². The van der Waals surface area contributed by atoms with Crippen LogP contribution in [0.4, 0.5) is 17.1 Å². The zero-order valence-corrected chi connectivity index (χ0v) is 12.3. The fourth-order valence-corrected chi connectivity index (χ4v) is 2.96. The van der Waals surface area contributed by atoms with E-state index in [9.17, 15) is 0 Å². The van der Waals surface area contributed by atoms with Crippen molar-refractivity contribution < 1.29 is 0 Å². The summed E-state index contributed by atoms with van der Waals surface area (Å²) < 4.78 is 0. The Morgan fingerprint density at radius 3 is 2.35 bits per heavy atom. The van der Waals surface area contributed by atoms with Crippen LogP contribution in [0.3, 0.4) is 0 Å². The van der Waals surface area contributed by atoms with Crippen LogP contribution in [0.2, 0.25) is 0 Å². The van der Waals surface area contributed by atoms with Crippen LogP contribution < -0.4 is 10.2 Å². The van der Waals surface area contributed by atoms with Gasteiger partial charge in [0.15, 0.2) is 0 Å². The molecule has 20 heavy (non-hydrogen) atoms. The Bertz CT molecular complexity index is 600. The molecule has 2 aromatic rings. The van der Waals surface area contributed by atoms with Crippen molar-refractivity contribution in [3.63, 3.8) is 0 Å². The molecule has 1 heterocycles. The minimum absolute atomic E-state index is 1.05. The molecule has 0 aliphatic carbocycles. The molecule has 2 nitrogen and oxygen atoms in total. The summed E-state index contributed by atoms with van der Waals surface area (Å²) in [6.45, 7) is 6.51. The van der Waals surface area contributed by atoms with Crippen molar-refractivity contribution in [1.82, 2.24) is 0 Å². The molecule has 0 bridgehead atoms. The summed E-state index contributed by atoms with van der Waals surface area (Å²) in [4.78, 5) is 2.39. The first kappa shape index (κ1) is 13.0. The number of fused-ring (bicyclic) bond motifs is 2. The second-order valence-corrected chi connectivity index (χ2v) is 5.30. The number of hydrogen-bond donors (Lipinski definition) is 1. The van der Waals surface area contributed by atoms with Gasteiger partial charge in [0.05, 0.1) is 0 Å². The van der Waals surface area contributed by atoms with Gasteiger partial charge in [0, 0.05) is 30.2 Å². The minimum atomic E-state index is 1.05. The molecule has 0 spiro atoms. The molecule has 0 aromatic heterocycles. The fraction of sp³-hybridized carbons (Fsp3) is 0.333. The molecule has 0 fully saturated rings. The summed E-state index contributed by atoms with van der Waals surface area (Å²) in [6.07, 6.45) is 2.22. The monoisotopic (exact) mass is 266 g/mol. The summed E-state index contributed by atoms with van der Waals surface area (Å²) in [5.41, 5.74) is 6.65. The van der Waals surface area contributed by atoms with Crippen molar-refractivity contribution in [3.05, 3.63) is 53.6 Å². The van der Waals surface area contributed by atoms with Gasteiger partial charge in [0.1, 0.15) is 0 Å². The van der Waals surface area contributed by atoms with E-state index in [-0.39, 0.29) is 0 Å². The van der Waals surface area contributed by atoms with Crippen molar-refractivity contribution in [2.45, 2.75) is 26.7 Å². The van der Waals surface area contributed by atoms with Crippen LogP contribution in [-0.2, 0) is 12.8 Å². The van der Waals surface area contributed by atoms with Crippen LogP contribution in [0.15, 0.2) is 42.5 Å². The molecule has 2 heteroatoms. The Balaban J connectivity index is 1.98. The van der Waals surface area contributed by atoms with Crippen molar-refractivity contribution in [3.8, 4) is 0 Å². The number of benzene rings is 2. The summed E-state index contributed by atoms with van der Waals surface area (Å²) >= 11 is 0. The third kappa shape index (κ3) is 2.38. The Labute approximate surface area is 121 Å². The summed E-state index contributed by atoms with van der Waals surface area (Å²) in [7, 11) is 0. The lowest BCUT2D eigenvalue weighted by Crippen LogP contribution is -2.21. The highest BCUT2D eigenvalue weighted by molar-refractivity contribution is 5.72. The van der Waals surface area contributed by atoms with E-state index in [1.807, 2.05) is 0 Å². The maximum absolute atomic E-state index is 3.62. The summed E-state index contributed by atoms with van der Waals surface area (Å²) in [5, 5.41) is 3.62. The maximum atomic E-state index is 3.62. The SMILES string of the molecule is CCN(CC)c1ccc2c(c1)Nc1ccccc1CC2. The number of rotatable bonds is 3. The van der Waals surface area contributed by atoms with Gasteiger partial charge in [0.2, 0.25) is 0 Å². The molecular formula is C18H22N2. The minimum Gasteiger partial charge on any atom is -0.372 e. The normalized spacial score (nSPS) is 12.9. The second-order valence-electron chi connectivity index (χ2n) is 5.30. The van der Waals surface area contributed by atoms with Gasteiger partial charge >= 0.3 is 0 Å². The van der Waals surface area contributed by atoms with Crippen LogP contribution >= 0.6 is 0 Å². The maximum Gasteiger partial charge on any atom is 0.0437 e. The van der Waals surface area contributed by atoms with Gasteiger partial charge in [-0.3, -0.25) is 0 Å². The van der Waals surface area contributed by atoms with Gasteiger partial charge in [-0.1, -0.05) is 24.3 Å². The van der Waals surface area contributed by atoms with E-state index >= 15 is 0 Å². The molecule has 0 unspecified atom stereocenters. The average molecular weight is 266 g/mol. The molecule has 3 rings (SSSR count). The lowest BCUT2D eigenvalue weighted by atomic mass is 10.0. The highest BCUT2D eigenvalue weighted by Crippen LogP contribution is 2.32. The van der Waals surface area contributed by atoms with Gasteiger partial charge < -0.3 is 10.2 Å². The van der Waals surface area contributed by atoms with E-state index in [1.54, 1.807) is 0 Å². The molecule has 1 aliphatic rings. The largest absolute Gasteiger partial charge is 0.372 e. The van der Waals surface area contributed by atoms with E-state index in [1.165, 1.54) is 28.2 Å². The Hall–Kier alpha value is -1.96. The van der Waals surface area contributed by atoms with Crippen LogP contribution in [-0.4, -0.2) is 13.1 Å². The lowest BCUT2D eigenvalue weighted by Gasteiger charge is -2.22. The predicted octanol–water partition coefficient (Wildman–Crippen LogP) is 4.38. The number of aryl methyl sites for hydroxylation is 2. The summed E-state index contributed by atoms with van der Waals surface area (Å²) in [6, 6.07) is 15.5. The van der Waals surface area contributed by atoms with Crippen LogP contribution in [0, 0.1) is 0 Å². The number of nitrogens with one attached hydrogen (secondary N) is 1. The molecule has 1 aliphatic heterocycles. The highest BCUT2D eigenvalue weighted by Gasteiger charge is 2.13. The molecule has 0 radical (unpaired) electrons. The summed E-state index contributed by atoms with van der Waals surface area (Å²) in [5.74, 6) is 0. The first-order valence-electron chi connectivity index (χ1n) is 7.54. The number of para-hydroxylation sites is 1. The van der Waals surface area contributed by atoms with Crippen molar-refractivity contribution in [2.24, 2.45) is 0 Å². The Morgan fingerprint density at radius 1 is 0.900 bits per heavy atom. The zero-order chi connectivity index (χ0) is 13.9. The topological polar surface area (TPSA) is 15.3 Å². The fourth-order valence-electron chi connectivity index (χ4n) is 2.96. The standard InChI is InChI=1S/C18H22N2/c1-3-20(4-2)16-12-11-15-10-9-14-7-5-6-8-17(14)19-18(15)13-16/h5-8,11-13,19H,3-4,9-10H2,1-2H3. The van der Waals surface area contributed by atoms with Crippen molar-refractivity contribution >= 4 is 17.1 Å². The average Bonchev–Trinajstić information content (AvgIpc) is 2.67. The van der Waals surface area contributed by atoms with E-state index in [2.05, 4.69) is 66.5 Å². The van der Waals surface area contributed by atoms with Crippen LogP contribution in [0.1, 0.15) is 25.0 Å². The molecule has 0 atom stereocenters. The van der Waals surface area contributed by atoms with E-state index in [4.69, 9.17) is 0 Å². The quantitative estimate of drug-likeness (QED) is 0.887. The van der Waals surface area contributed by atoms with Gasteiger partial charge in [-0.15, -0.1) is 0 Å². The number of hydrogen-bond acceptors (Lipinski definition) is 2. The third-order valence-corrected chi connectivity index (χ3v) is 4.17. The van der Waals surface area contributed by atoms with Crippen molar-refractivity contribution in [2.75, 3.05) is 23.3 Å². The zero-order valence-electron chi connectivity index (χ0n) is 12.3. The first-order valence-corrected chi connectivity index (χ1v) is 7.54. The van der Waals surface area contributed by atoms with Gasteiger partial charge in [0.25, 0.3) is 0 Å². The van der Waals surface area contributed by atoms with Crippen LogP contribution in [0.25, 0.3) is 0 Å². The molecule has 104 valence electrons. The van der Waals surface area contributed by atoms with Gasteiger partial charge in [-0.05, 0) is 56.0 Å². The molecule has 0 amide bonds. The third-order valence-electron chi connectivity index (χ3n) is 4.17. The van der Waals surface area contributed by atoms with Gasteiger partial charge in [-0.2, -0.15) is 0 Å². The van der Waals surface area contributed by atoms with E-state index < -0.39 is 0 Å². The number of anilines is 3. The second kappa shape index (κ2) is 5.58. The first-order chi connectivity index (χ1) is 9.81. The van der Waals surface area contributed by atoms with Crippen LogP contribution in [0.5, 0.6) is 0 Å². The molecule has 0 saturated carbocycles. The van der Waals surface area contributed by atoms with E-state index in [0.29, 0.717) is 0 Å². The highest BCUT2D eigenvalue weighted by atomic mass is 15.1. The Morgan fingerprint density at radius 2 is 1.60 bits per heavy atom. The molecule has 2 aromatic carbocycles. The Kier molecular flexibility index (Phi) is 3.64. The lowest BCUT2D eigenvalue weighted by molar-refractivity contribution is 0.865. The smallest absolute Gasteiger partial charge is 0.0437 e. The predicted molar refractivity (Wildman–Crippen MR) is 87.1 cm³/mol. The van der Waals surface area contributed by atoms with Crippen molar-refractivity contribution in [1.29, 1.82) is 0 Å². The number of nitrogens with zero attached hydrogens (tertiary/aromatic N) is 1. The molecular weight excluding hydrogens is 244 g/mol.